The second-order valence-corrected chi connectivity index (χ2v) is 5.20. The van der Waals surface area contributed by atoms with E-state index in [1.165, 1.54) is 12.1 Å². The molecule has 2 aromatic carbocycles. The summed E-state index contributed by atoms with van der Waals surface area (Å²) in [5, 5.41) is 10.4. The minimum atomic E-state index is -1.18. The Morgan fingerprint density at radius 3 is 2.14 bits per heavy atom. The first-order valence-corrected chi connectivity index (χ1v) is 7.27. The average molecular weight is 298 g/mol. The topological polar surface area (TPSA) is 29.5 Å². The summed E-state index contributed by atoms with van der Waals surface area (Å²) in [7, 11) is 0. The summed E-state index contributed by atoms with van der Waals surface area (Å²) < 4.78 is 18.5. The van der Waals surface area contributed by atoms with Gasteiger partial charge in [-0.05, 0) is 55.3 Å². The van der Waals surface area contributed by atoms with Crippen LogP contribution >= 0.6 is 0 Å². The van der Waals surface area contributed by atoms with Crippen LogP contribution in [0.3, 0.4) is 0 Å². The molecule has 2 rings (SSSR count). The maximum atomic E-state index is 12.8. The molecule has 0 saturated heterocycles. The SMILES string of the molecule is CCCC#CC(C)(O)c1ccc(Oc2ccc(F)cc2)cc1. The molecule has 0 aliphatic heterocycles. The Labute approximate surface area is 130 Å². The molecule has 0 spiro atoms. The monoisotopic (exact) mass is 298 g/mol. The fourth-order valence-corrected chi connectivity index (χ4v) is 1.92. The number of halogens is 1. The summed E-state index contributed by atoms with van der Waals surface area (Å²) in [6.07, 6.45) is 1.73. The summed E-state index contributed by atoms with van der Waals surface area (Å²) in [5.41, 5.74) is -0.466. The lowest BCUT2D eigenvalue weighted by Crippen LogP contribution is -2.18. The fraction of sp³-hybridized carbons (Fsp3) is 0.263. The van der Waals surface area contributed by atoms with Crippen LogP contribution in [0, 0.1) is 17.7 Å². The lowest BCUT2D eigenvalue weighted by atomic mass is 9.96. The van der Waals surface area contributed by atoms with Crippen LogP contribution < -0.4 is 4.74 Å². The van der Waals surface area contributed by atoms with Gasteiger partial charge in [0, 0.05) is 6.42 Å². The van der Waals surface area contributed by atoms with Crippen molar-refractivity contribution in [3.8, 4) is 23.3 Å². The second-order valence-electron chi connectivity index (χ2n) is 5.20. The zero-order valence-electron chi connectivity index (χ0n) is 12.8. The molecule has 0 saturated carbocycles. The molecule has 0 amide bonds. The van der Waals surface area contributed by atoms with Crippen molar-refractivity contribution in [2.24, 2.45) is 0 Å². The van der Waals surface area contributed by atoms with Gasteiger partial charge in [-0.3, -0.25) is 0 Å². The minimum absolute atomic E-state index is 0.301. The molecule has 0 aliphatic rings. The van der Waals surface area contributed by atoms with E-state index in [9.17, 15) is 9.50 Å². The molecule has 0 fully saturated rings. The zero-order chi connectivity index (χ0) is 16.0. The molecule has 0 aliphatic carbocycles. The summed E-state index contributed by atoms with van der Waals surface area (Å²) in [6, 6.07) is 12.9. The molecule has 0 aromatic heterocycles. The van der Waals surface area contributed by atoms with Crippen molar-refractivity contribution in [3.63, 3.8) is 0 Å². The summed E-state index contributed by atoms with van der Waals surface area (Å²) in [5.74, 6) is 6.72. The first-order valence-electron chi connectivity index (χ1n) is 7.27. The van der Waals surface area contributed by atoms with Crippen LogP contribution in [-0.2, 0) is 5.60 Å². The predicted octanol–water partition coefficient (Wildman–Crippen LogP) is 4.63. The molecular weight excluding hydrogens is 279 g/mol. The maximum Gasteiger partial charge on any atom is 0.148 e. The average Bonchev–Trinajstić information content (AvgIpc) is 2.50. The van der Waals surface area contributed by atoms with Crippen molar-refractivity contribution in [2.45, 2.75) is 32.3 Å². The third kappa shape index (κ3) is 4.34. The van der Waals surface area contributed by atoms with Crippen molar-refractivity contribution in [1.82, 2.24) is 0 Å². The highest BCUT2D eigenvalue weighted by Crippen LogP contribution is 2.26. The lowest BCUT2D eigenvalue weighted by molar-refractivity contribution is 0.122. The van der Waals surface area contributed by atoms with E-state index in [4.69, 9.17) is 4.74 Å². The second kappa shape index (κ2) is 7.11. The molecular formula is C19H19FO2. The van der Waals surface area contributed by atoms with E-state index in [1.807, 2.05) is 6.92 Å². The van der Waals surface area contributed by atoms with Crippen LogP contribution in [0.15, 0.2) is 48.5 Å². The van der Waals surface area contributed by atoms with Crippen molar-refractivity contribution < 1.29 is 14.2 Å². The van der Waals surface area contributed by atoms with Crippen LogP contribution in [0.5, 0.6) is 11.5 Å². The standard InChI is InChI=1S/C19H19FO2/c1-3-4-5-14-19(2,21)15-6-10-17(11-7-15)22-18-12-8-16(20)9-13-18/h6-13,21H,3-4H2,1-2H3. The molecule has 0 heterocycles. The van der Waals surface area contributed by atoms with E-state index in [0.717, 1.165) is 12.8 Å². The largest absolute Gasteiger partial charge is 0.457 e. The van der Waals surface area contributed by atoms with E-state index >= 15 is 0 Å². The number of rotatable bonds is 4. The Morgan fingerprint density at radius 2 is 1.59 bits per heavy atom. The van der Waals surface area contributed by atoms with Crippen LogP contribution in [-0.4, -0.2) is 5.11 Å². The van der Waals surface area contributed by atoms with Crippen molar-refractivity contribution in [3.05, 3.63) is 59.9 Å². The molecule has 1 atom stereocenters. The molecule has 1 N–H and O–H groups in total. The number of benzene rings is 2. The smallest absolute Gasteiger partial charge is 0.148 e. The number of unbranched alkanes of at least 4 members (excludes halogenated alkanes) is 1. The van der Waals surface area contributed by atoms with Gasteiger partial charge in [0.2, 0.25) is 0 Å². The van der Waals surface area contributed by atoms with E-state index in [1.54, 1.807) is 43.3 Å². The summed E-state index contributed by atoms with van der Waals surface area (Å²) in [6.45, 7) is 3.72. The van der Waals surface area contributed by atoms with Gasteiger partial charge in [-0.15, -0.1) is 0 Å². The van der Waals surface area contributed by atoms with Gasteiger partial charge in [0.1, 0.15) is 22.9 Å². The van der Waals surface area contributed by atoms with Gasteiger partial charge in [-0.1, -0.05) is 30.9 Å². The molecule has 2 nitrogen and oxygen atoms in total. The van der Waals surface area contributed by atoms with Gasteiger partial charge in [-0.25, -0.2) is 4.39 Å². The molecule has 3 heteroatoms. The molecule has 22 heavy (non-hydrogen) atoms. The van der Waals surface area contributed by atoms with Crippen molar-refractivity contribution >= 4 is 0 Å². The summed E-state index contributed by atoms with van der Waals surface area (Å²) in [4.78, 5) is 0. The molecule has 114 valence electrons. The number of hydrogen-bond donors (Lipinski definition) is 1. The highest BCUT2D eigenvalue weighted by molar-refractivity contribution is 5.37. The van der Waals surface area contributed by atoms with Crippen molar-refractivity contribution in [2.75, 3.05) is 0 Å². The van der Waals surface area contributed by atoms with Crippen LogP contribution in [0.4, 0.5) is 4.39 Å². The minimum Gasteiger partial charge on any atom is -0.457 e. The predicted molar refractivity (Wildman–Crippen MR) is 85.2 cm³/mol. The molecule has 1 unspecified atom stereocenters. The van der Waals surface area contributed by atoms with Gasteiger partial charge in [0.05, 0.1) is 0 Å². The normalized spacial score (nSPS) is 12.9. The van der Waals surface area contributed by atoms with Crippen molar-refractivity contribution in [1.29, 1.82) is 0 Å². The quantitative estimate of drug-likeness (QED) is 0.834. The lowest BCUT2D eigenvalue weighted by Gasteiger charge is -2.17. The van der Waals surface area contributed by atoms with E-state index < -0.39 is 5.60 Å². The fourth-order valence-electron chi connectivity index (χ4n) is 1.92. The maximum absolute atomic E-state index is 12.8. The van der Waals surface area contributed by atoms with Gasteiger partial charge < -0.3 is 9.84 Å². The highest BCUT2D eigenvalue weighted by Gasteiger charge is 2.19. The molecule has 2 aromatic rings. The summed E-state index contributed by atoms with van der Waals surface area (Å²) >= 11 is 0. The van der Waals surface area contributed by atoms with Gasteiger partial charge in [-0.2, -0.15) is 0 Å². The van der Waals surface area contributed by atoms with Crippen LogP contribution in [0.25, 0.3) is 0 Å². The van der Waals surface area contributed by atoms with Gasteiger partial charge in [0.15, 0.2) is 0 Å². The van der Waals surface area contributed by atoms with Crippen LogP contribution in [0.1, 0.15) is 32.3 Å². The highest BCUT2D eigenvalue weighted by atomic mass is 19.1. The Kier molecular flexibility index (Phi) is 5.19. The number of aliphatic hydroxyl groups is 1. The zero-order valence-corrected chi connectivity index (χ0v) is 12.8. The first kappa shape index (κ1) is 16.1. The number of ether oxygens (including phenoxy) is 1. The Morgan fingerprint density at radius 1 is 1.05 bits per heavy atom. The van der Waals surface area contributed by atoms with Gasteiger partial charge >= 0.3 is 0 Å². The Bertz CT molecular complexity index is 661. The van der Waals surface area contributed by atoms with E-state index in [-0.39, 0.29) is 5.82 Å². The molecule has 0 bridgehead atoms. The Hall–Kier alpha value is -2.31. The van der Waals surface area contributed by atoms with E-state index in [0.29, 0.717) is 17.1 Å². The van der Waals surface area contributed by atoms with Crippen LogP contribution in [0.2, 0.25) is 0 Å². The molecule has 0 radical (unpaired) electrons. The number of hydrogen-bond acceptors (Lipinski definition) is 2. The third-order valence-corrected chi connectivity index (χ3v) is 3.17. The third-order valence-electron chi connectivity index (χ3n) is 3.17. The van der Waals surface area contributed by atoms with E-state index in [2.05, 4.69) is 11.8 Å². The van der Waals surface area contributed by atoms with Gasteiger partial charge in [0.25, 0.3) is 0 Å². The Balaban J connectivity index is 2.10. The first-order chi connectivity index (χ1) is 10.5.